The van der Waals surface area contributed by atoms with E-state index in [1.807, 2.05) is 0 Å². The highest BCUT2D eigenvalue weighted by molar-refractivity contribution is 5.79. The van der Waals surface area contributed by atoms with Gasteiger partial charge in [-0.2, -0.15) is 0 Å². The third-order valence-electron chi connectivity index (χ3n) is 7.30. The number of hydrogen-bond acceptors (Lipinski definition) is 3. The standard InChI is InChI=1S/C17H28N2O/c18-19-17-8-7-15-14-3-1-10-9-11(20)2-4-12(10)13(14)5-6-16(15)17/h10,12-17,19H,1-9,18H2. The molecule has 0 aromatic heterocycles. The molecule has 3 nitrogen and oxygen atoms in total. The van der Waals surface area contributed by atoms with Crippen LogP contribution in [0.5, 0.6) is 0 Å². The van der Waals surface area contributed by atoms with Crippen molar-refractivity contribution in [1.29, 1.82) is 0 Å². The fraction of sp³-hybridized carbons (Fsp3) is 0.941. The molecule has 112 valence electrons. The molecule has 20 heavy (non-hydrogen) atoms. The summed E-state index contributed by atoms with van der Waals surface area (Å²) in [6.45, 7) is 0. The van der Waals surface area contributed by atoms with Crippen LogP contribution in [0, 0.1) is 35.5 Å². The number of fused-ring (bicyclic) bond motifs is 5. The highest BCUT2D eigenvalue weighted by Crippen LogP contribution is 2.57. The van der Waals surface area contributed by atoms with Crippen molar-refractivity contribution in [3.63, 3.8) is 0 Å². The smallest absolute Gasteiger partial charge is 0.133 e. The van der Waals surface area contributed by atoms with Gasteiger partial charge < -0.3 is 0 Å². The Hall–Kier alpha value is -0.410. The van der Waals surface area contributed by atoms with Crippen molar-refractivity contribution in [1.82, 2.24) is 5.43 Å². The number of hydrazine groups is 1. The second-order valence-electron chi connectivity index (χ2n) is 7.87. The third kappa shape index (κ3) is 1.97. The molecule has 3 heteroatoms. The molecular weight excluding hydrogens is 248 g/mol. The first-order chi connectivity index (χ1) is 9.78. The van der Waals surface area contributed by atoms with Gasteiger partial charge in [-0.3, -0.25) is 16.1 Å². The number of Topliss-reactive ketones (excluding diaryl/α,β-unsaturated/α-hetero) is 1. The summed E-state index contributed by atoms with van der Waals surface area (Å²) in [4.78, 5) is 11.7. The van der Waals surface area contributed by atoms with Gasteiger partial charge in [0.15, 0.2) is 0 Å². The van der Waals surface area contributed by atoms with E-state index < -0.39 is 0 Å². The van der Waals surface area contributed by atoms with Gasteiger partial charge in [-0.1, -0.05) is 0 Å². The Labute approximate surface area is 122 Å². The first-order valence-electron chi connectivity index (χ1n) is 8.75. The van der Waals surface area contributed by atoms with Crippen molar-refractivity contribution in [2.75, 3.05) is 0 Å². The highest BCUT2D eigenvalue weighted by Gasteiger charge is 2.51. The molecule has 4 fully saturated rings. The van der Waals surface area contributed by atoms with Crippen LogP contribution in [0.25, 0.3) is 0 Å². The molecule has 7 atom stereocenters. The summed E-state index contributed by atoms with van der Waals surface area (Å²) < 4.78 is 0. The van der Waals surface area contributed by atoms with Gasteiger partial charge in [0.05, 0.1) is 0 Å². The second-order valence-corrected chi connectivity index (χ2v) is 7.87. The molecule has 4 saturated carbocycles. The lowest BCUT2D eigenvalue weighted by molar-refractivity contribution is -0.126. The molecule has 0 bridgehead atoms. The molecule has 0 heterocycles. The molecule has 4 aliphatic rings. The normalized spacial score (nSPS) is 51.2. The fourth-order valence-electron chi connectivity index (χ4n) is 6.52. The van der Waals surface area contributed by atoms with Crippen LogP contribution in [-0.2, 0) is 4.79 Å². The van der Waals surface area contributed by atoms with Crippen LogP contribution >= 0.6 is 0 Å². The van der Waals surface area contributed by atoms with Crippen LogP contribution in [0.2, 0.25) is 0 Å². The first kappa shape index (κ1) is 13.3. The zero-order valence-corrected chi connectivity index (χ0v) is 12.4. The van der Waals surface area contributed by atoms with Gasteiger partial charge >= 0.3 is 0 Å². The Kier molecular flexibility index (Phi) is 3.38. The highest BCUT2D eigenvalue weighted by atomic mass is 16.1. The Bertz CT molecular complexity index is 396. The van der Waals surface area contributed by atoms with Crippen molar-refractivity contribution in [3.8, 4) is 0 Å². The molecule has 4 aliphatic carbocycles. The average Bonchev–Trinajstić information content (AvgIpc) is 2.89. The lowest BCUT2D eigenvalue weighted by Crippen LogP contribution is -2.48. The quantitative estimate of drug-likeness (QED) is 0.572. The average molecular weight is 276 g/mol. The van der Waals surface area contributed by atoms with Crippen LogP contribution in [-0.4, -0.2) is 11.8 Å². The number of hydrogen-bond donors (Lipinski definition) is 2. The minimum absolute atomic E-state index is 0.534. The predicted octanol–water partition coefficient (Wildman–Crippen LogP) is 2.65. The maximum Gasteiger partial charge on any atom is 0.133 e. The zero-order valence-electron chi connectivity index (χ0n) is 12.4. The number of nitrogens with one attached hydrogen (secondary N) is 1. The molecule has 0 aromatic carbocycles. The molecule has 0 amide bonds. The largest absolute Gasteiger partial charge is 0.300 e. The lowest BCUT2D eigenvalue weighted by atomic mass is 9.53. The molecule has 0 radical (unpaired) electrons. The molecule has 3 N–H and O–H groups in total. The van der Waals surface area contributed by atoms with E-state index in [9.17, 15) is 4.79 Å². The maximum absolute atomic E-state index is 11.7. The zero-order chi connectivity index (χ0) is 13.7. The monoisotopic (exact) mass is 276 g/mol. The predicted molar refractivity (Wildman–Crippen MR) is 78.6 cm³/mol. The van der Waals surface area contributed by atoms with E-state index in [0.717, 1.165) is 48.3 Å². The molecule has 4 rings (SSSR count). The van der Waals surface area contributed by atoms with Crippen molar-refractivity contribution < 1.29 is 4.79 Å². The van der Waals surface area contributed by atoms with Crippen molar-refractivity contribution in [3.05, 3.63) is 0 Å². The van der Waals surface area contributed by atoms with E-state index in [2.05, 4.69) is 5.43 Å². The van der Waals surface area contributed by atoms with Crippen molar-refractivity contribution >= 4 is 5.78 Å². The minimum atomic E-state index is 0.534. The molecule has 0 aromatic rings. The molecule has 0 saturated heterocycles. The summed E-state index contributed by atoms with van der Waals surface area (Å²) in [6, 6.07) is 0.576. The molecule has 0 spiro atoms. The Morgan fingerprint density at radius 2 is 1.45 bits per heavy atom. The summed E-state index contributed by atoms with van der Waals surface area (Å²) in [7, 11) is 0. The number of carbonyl (C=O) groups is 1. The van der Waals surface area contributed by atoms with Crippen LogP contribution in [0.3, 0.4) is 0 Å². The van der Waals surface area contributed by atoms with Gasteiger partial charge in [-0.15, -0.1) is 0 Å². The van der Waals surface area contributed by atoms with Crippen molar-refractivity contribution in [2.45, 2.75) is 63.8 Å². The van der Waals surface area contributed by atoms with Gasteiger partial charge in [0.2, 0.25) is 0 Å². The fourth-order valence-corrected chi connectivity index (χ4v) is 6.52. The van der Waals surface area contributed by atoms with Gasteiger partial charge in [-0.05, 0) is 80.5 Å². The maximum atomic E-state index is 11.7. The molecule has 7 unspecified atom stereocenters. The summed E-state index contributed by atoms with van der Waals surface area (Å²) >= 11 is 0. The SMILES string of the molecule is NNC1CCC2C1CCC1C3CCC(=O)CC3CCC12. The number of nitrogens with two attached hydrogens (primary N) is 1. The van der Waals surface area contributed by atoms with E-state index in [0.29, 0.717) is 11.8 Å². The topological polar surface area (TPSA) is 55.1 Å². The first-order valence-corrected chi connectivity index (χ1v) is 8.75. The van der Waals surface area contributed by atoms with Gasteiger partial charge in [0.25, 0.3) is 0 Å². The summed E-state index contributed by atoms with van der Waals surface area (Å²) in [5.41, 5.74) is 3.08. The second kappa shape index (κ2) is 5.10. The van der Waals surface area contributed by atoms with Crippen LogP contribution in [0.4, 0.5) is 0 Å². The Morgan fingerprint density at radius 1 is 0.800 bits per heavy atom. The van der Waals surface area contributed by atoms with Crippen molar-refractivity contribution in [2.24, 2.45) is 41.4 Å². The minimum Gasteiger partial charge on any atom is -0.300 e. The van der Waals surface area contributed by atoms with Gasteiger partial charge in [0.1, 0.15) is 5.78 Å². The Morgan fingerprint density at radius 3 is 2.30 bits per heavy atom. The van der Waals surface area contributed by atoms with E-state index in [1.54, 1.807) is 0 Å². The van der Waals surface area contributed by atoms with E-state index >= 15 is 0 Å². The van der Waals surface area contributed by atoms with Gasteiger partial charge in [0, 0.05) is 18.9 Å². The Balaban J connectivity index is 1.52. The van der Waals surface area contributed by atoms with E-state index in [-0.39, 0.29) is 0 Å². The van der Waals surface area contributed by atoms with Crippen LogP contribution in [0.1, 0.15) is 57.8 Å². The molecular formula is C17H28N2O. The molecule has 0 aliphatic heterocycles. The van der Waals surface area contributed by atoms with E-state index in [1.165, 1.54) is 44.9 Å². The summed E-state index contributed by atoms with van der Waals surface area (Å²) in [6.07, 6.45) is 11.1. The summed E-state index contributed by atoms with van der Waals surface area (Å²) in [5, 5.41) is 0. The third-order valence-corrected chi connectivity index (χ3v) is 7.30. The van der Waals surface area contributed by atoms with Crippen LogP contribution in [0.15, 0.2) is 0 Å². The number of carbonyl (C=O) groups excluding carboxylic acids is 1. The summed E-state index contributed by atoms with van der Waals surface area (Å²) in [5.74, 6) is 11.5. The lowest BCUT2D eigenvalue weighted by Gasteiger charge is -2.52. The number of rotatable bonds is 1. The van der Waals surface area contributed by atoms with E-state index in [4.69, 9.17) is 5.84 Å². The number of ketones is 1. The van der Waals surface area contributed by atoms with Gasteiger partial charge in [-0.25, -0.2) is 0 Å². The van der Waals surface area contributed by atoms with Crippen LogP contribution < -0.4 is 11.3 Å².